The monoisotopic (exact) mass is 657 g/mol. The largest absolute Gasteiger partial charge is 0.462 e. The van der Waals surface area contributed by atoms with Crippen LogP contribution in [0.5, 0.6) is 0 Å². The summed E-state index contributed by atoms with van der Waals surface area (Å²) < 4.78 is 10.5. The van der Waals surface area contributed by atoms with Gasteiger partial charge in [0.15, 0.2) is 6.10 Å². The maximum Gasteiger partial charge on any atom is 0.306 e. The van der Waals surface area contributed by atoms with Crippen LogP contribution in [-0.2, 0) is 19.1 Å². The maximum atomic E-state index is 12.1. The van der Waals surface area contributed by atoms with Crippen LogP contribution in [0.2, 0.25) is 0 Å². The van der Waals surface area contributed by atoms with Crippen LogP contribution in [0, 0.1) is 0 Å². The molecule has 0 fully saturated rings. The number of carbonyl (C=O) groups is 2. The van der Waals surface area contributed by atoms with Crippen LogP contribution < -0.4 is 0 Å². The highest BCUT2D eigenvalue weighted by Crippen LogP contribution is 2.11. The third-order valence-electron chi connectivity index (χ3n) is 8.03. The van der Waals surface area contributed by atoms with Gasteiger partial charge in [-0.1, -0.05) is 145 Å². The minimum Gasteiger partial charge on any atom is -0.462 e. The van der Waals surface area contributed by atoms with Crippen LogP contribution in [0.4, 0.5) is 0 Å². The second kappa shape index (κ2) is 38.1. The molecule has 5 heteroatoms. The maximum absolute atomic E-state index is 12.1. The molecule has 0 aromatic heterocycles. The first-order valence-electron chi connectivity index (χ1n) is 19.3. The molecule has 0 aromatic rings. The topological polar surface area (TPSA) is 72.8 Å². The summed E-state index contributed by atoms with van der Waals surface area (Å²) in [6, 6.07) is 0. The number of aliphatic hydroxyl groups is 1. The summed E-state index contributed by atoms with van der Waals surface area (Å²) in [5.41, 5.74) is 0. The molecule has 1 N–H and O–H groups in total. The minimum atomic E-state index is -0.798. The molecule has 0 radical (unpaired) electrons. The van der Waals surface area contributed by atoms with Crippen LogP contribution in [0.1, 0.15) is 174 Å². The summed E-state index contributed by atoms with van der Waals surface area (Å²) in [5, 5.41) is 9.52. The molecule has 0 saturated carbocycles. The first-order chi connectivity index (χ1) is 23.1. The van der Waals surface area contributed by atoms with Crippen molar-refractivity contribution < 1.29 is 24.2 Å². The molecule has 0 unspecified atom stereocenters. The molecular formula is C42H72O5. The van der Waals surface area contributed by atoms with Crippen molar-refractivity contribution in [2.75, 3.05) is 13.2 Å². The second-order valence-corrected chi connectivity index (χ2v) is 12.6. The fourth-order valence-electron chi connectivity index (χ4n) is 5.07. The van der Waals surface area contributed by atoms with E-state index in [0.29, 0.717) is 19.3 Å². The molecular weight excluding hydrogens is 584 g/mol. The quantitative estimate of drug-likeness (QED) is 0.0424. The van der Waals surface area contributed by atoms with Crippen LogP contribution in [0.15, 0.2) is 60.8 Å². The number of rotatable bonds is 34. The molecule has 0 rings (SSSR count). The Hall–Kier alpha value is -2.40. The van der Waals surface area contributed by atoms with Crippen LogP contribution in [-0.4, -0.2) is 36.4 Å². The van der Waals surface area contributed by atoms with Crippen LogP contribution >= 0.6 is 0 Å². The summed E-state index contributed by atoms with van der Waals surface area (Å²) in [7, 11) is 0. The second-order valence-electron chi connectivity index (χ2n) is 12.6. The lowest BCUT2D eigenvalue weighted by Gasteiger charge is -2.15. The van der Waals surface area contributed by atoms with Crippen molar-refractivity contribution in [3.05, 3.63) is 60.8 Å². The summed E-state index contributed by atoms with van der Waals surface area (Å²) in [6.45, 7) is 4.04. The predicted octanol–water partition coefficient (Wildman–Crippen LogP) is 12.0. The smallest absolute Gasteiger partial charge is 0.306 e. The van der Waals surface area contributed by atoms with E-state index in [1.807, 2.05) is 0 Å². The van der Waals surface area contributed by atoms with E-state index in [2.05, 4.69) is 74.6 Å². The van der Waals surface area contributed by atoms with Gasteiger partial charge in [0.1, 0.15) is 6.61 Å². The SMILES string of the molecule is CCCCC/C=C/CCCCCCCC(=O)O[C@@H](CO)COC(=O)CCC/C=C/C/C=C/C/C=C/C/C=C/CCCCCCCCC. The normalized spacial score (nSPS) is 12.8. The fourth-order valence-corrected chi connectivity index (χ4v) is 5.07. The van der Waals surface area contributed by atoms with Crippen molar-refractivity contribution in [2.45, 2.75) is 180 Å². The van der Waals surface area contributed by atoms with Gasteiger partial charge in [0.25, 0.3) is 0 Å². The van der Waals surface area contributed by atoms with Crippen molar-refractivity contribution in [3.8, 4) is 0 Å². The number of unbranched alkanes of at least 4 members (excludes halogenated alkanes) is 16. The number of carbonyl (C=O) groups excluding carboxylic acids is 2. The number of hydrogen-bond acceptors (Lipinski definition) is 5. The van der Waals surface area contributed by atoms with E-state index in [-0.39, 0.29) is 25.2 Å². The van der Waals surface area contributed by atoms with Gasteiger partial charge < -0.3 is 14.6 Å². The Labute approximate surface area is 290 Å². The van der Waals surface area contributed by atoms with E-state index in [0.717, 1.165) is 51.4 Å². The van der Waals surface area contributed by atoms with Crippen LogP contribution in [0.25, 0.3) is 0 Å². The molecule has 0 bridgehead atoms. The first kappa shape index (κ1) is 44.6. The Morgan fingerprint density at radius 1 is 0.489 bits per heavy atom. The van der Waals surface area contributed by atoms with Crippen molar-refractivity contribution in [3.63, 3.8) is 0 Å². The Balaban J connectivity index is 3.69. The average molecular weight is 657 g/mol. The number of esters is 2. The number of allylic oxidation sites excluding steroid dienone is 10. The Bertz CT molecular complexity index is 838. The molecule has 0 aliphatic heterocycles. The standard InChI is InChI=1S/C42H72O5/c1-3-5-7-9-11-13-15-17-18-19-20-21-22-23-24-25-27-28-30-32-34-36-41(44)46-39-40(38-43)47-42(45)37-35-33-31-29-26-16-14-12-10-8-6-4-2/h12,14,18-19,21-22,24-25,28,30,40,43H,3-11,13,15-17,20,23,26-27,29,31-39H2,1-2H3/b14-12+,19-18+,22-21+,25-24+,30-28+/t40-/m0/s1. The van der Waals surface area contributed by atoms with Gasteiger partial charge in [-0.15, -0.1) is 0 Å². The third-order valence-corrected chi connectivity index (χ3v) is 8.03. The Kier molecular flexibility index (Phi) is 36.1. The van der Waals surface area contributed by atoms with E-state index >= 15 is 0 Å². The molecule has 0 aliphatic rings. The molecule has 0 aliphatic carbocycles. The zero-order valence-corrected chi connectivity index (χ0v) is 30.5. The highest BCUT2D eigenvalue weighted by atomic mass is 16.6. The Morgan fingerprint density at radius 2 is 0.872 bits per heavy atom. The molecule has 270 valence electrons. The molecule has 0 saturated heterocycles. The van der Waals surface area contributed by atoms with E-state index < -0.39 is 6.10 Å². The molecule has 0 heterocycles. The summed E-state index contributed by atoms with van der Waals surface area (Å²) in [4.78, 5) is 24.2. The van der Waals surface area contributed by atoms with Gasteiger partial charge in [0.05, 0.1) is 6.61 Å². The fraction of sp³-hybridized carbons (Fsp3) is 0.714. The number of ether oxygens (including phenoxy) is 2. The Morgan fingerprint density at radius 3 is 1.40 bits per heavy atom. The van der Waals surface area contributed by atoms with Crippen molar-refractivity contribution in [1.29, 1.82) is 0 Å². The van der Waals surface area contributed by atoms with E-state index in [1.54, 1.807) is 0 Å². The van der Waals surface area contributed by atoms with E-state index in [1.165, 1.54) is 89.9 Å². The van der Waals surface area contributed by atoms with Crippen molar-refractivity contribution in [1.82, 2.24) is 0 Å². The van der Waals surface area contributed by atoms with Gasteiger partial charge in [-0.05, 0) is 77.0 Å². The lowest BCUT2D eigenvalue weighted by atomic mass is 10.1. The molecule has 47 heavy (non-hydrogen) atoms. The molecule has 5 nitrogen and oxygen atoms in total. The van der Waals surface area contributed by atoms with Crippen LogP contribution in [0.3, 0.4) is 0 Å². The highest BCUT2D eigenvalue weighted by molar-refractivity contribution is 5.70. The molecule has 0 aromatic carbocycles. The zero-order chi connectivity index (χ0) is 34.3. The average Bonchev–Trinajstić information content (AvgIpc) is 3.07. The van der Waals surface area contributed by atoms with Gasteiger partial charge in [-0.3, -0.25) is 9.59 Å². The lowest BCUT2D eigenvalue weighted by molar-refractivity contribution is -0.161. The third kappa shape index (κ3) is 36.3. The van der Waals surface area contributed by atoms with Gasteiger partial charge in [-0.25, -0.2) is 0 Å². The number of hydrogen-bond donors (Lipinski definition) is 1. The molecule has 0 amide bonds. The van der Waals surface area contributed by atoms with E-state index in [9.17, 15) is 14.7 Å². The summed E-state index contributed by atoms with van der Waals surface area (Å²) in [6.07, 6.45) is 48.6. The van der Waals surface area contributed by atoms with Crippen molar-refractivity contribution in [2.24, 2.45) is 0 Å². The van der Waals surface area contributed by atoms with Gasteiger partial charge in [0.2, 0.25) is 0 Å². The first-order valence-corrected chi connectivity index (χ1v) is 19.3. The minimum absolute atomic E-state index is 0.0995. The van der Waals surface area contributed by atoms with E-state index in [4.69, 9.17) is 9.47 Å². The zero-order valence-electron chi connectivity index (χ0n) is 30.5. The molecule has 0 spiro atoms. The van der Waals surface area contributed by atoms with Gasteiger partial charge >= 0.3 is 11.9 Å². The van der Waals surface area contributed by atoms with Crippen molar-refractivity contribution >= 4 is 11.9 Å². The van der Waals surface area contributed by atoms with Gasteiger partial charge in [0, 0.05) is 12.8 Å². The highest BCUT2D eigenvalue weighted by Gasteiger charge is 2.16. The lowest BCUT2D eigenvalue weighted by Crippen LogP contribution is -2.28. The number of aliphatic hydroxyl groups excluding tert-OH is 1. The molecule has 1 atom stereocenters. The predicted molar refractivity (Wildman–Crippen MR) is 200 cm³/mol. The van der Waals surface area contributed by atoms with Gasteiger partial charge in [-0.2, -0.15) is 0 Å². The summed E-state index contributed by atoms with van der Waals surface area (Å²) in [5.74, 6) is -0.671. The summed E-state index contributed by atoms with van der Waals surface area (Å²) >= 11 is 0.